The van der Waals surface area contributed by atoms with Gasteiger partial charge in [-0.1, -0.05) is 12.1 Å². The number of rotatable bonds is 3. The van der Waals surface area contributed by atoms with Crippen LogP contribution in [0.4, 0.5) is 13.2 Å². The van der Waals surface area contributed by atoms with Gasteiger partial charge >= 0.3 is 6.18 Å². The Bertz CT molecular complexity index is 1320. The first kappa shape index (κ1) is 21.6. The maximum atomic E-state index is 12.8. The summed E-state index contributed by atoms with van der Waals surface area (Å²) in [6, 6.07) is 10.0. The van der Waals surface area contributed by atoms with Crippen LogP contribution in [0.1, 0.15) is 24.3 Å². The van der Waals surface area contributed by atoms with Gasteiger partial charge in [0.25, 0.3) is 11.8 Å². The lowest BCUT2D eigenvalue weighted by Crippen LogP contribution is -2.42. The molecule has 2 aromatic heterocycles. The maximum Gasteiger partial charge on any atom is 0.416 e. The fraction of sp³-hybridized carbons (Fsp3) is 0.174. The summed E-state index contributed by atoms with van der Waals surface area (Å²) in [7, 11) is 0. The summed E-state index contributed by atoms with van der Waals surface area (Å²) < 4.78 is 44.8. The fourth-order valence-corrected chi connectivity index (χ4v) is 4.41. The number of hydrogen-bond acceptors (Lipinski definition) is 5. The predicted octanol–water partition coefficient (Wildman–Crippen LogP) is 5.79. The third-order valence-electron chi connectivity index (χ3n) is 5.15. The lowest BCUT2D eigenvalue weighted by molar-refractivity contribution is -0.140. The van der Waals surface area contributed by atoms with Crippen LogP contribution in [0.15, 0.2) is 57.5 Å². The van der Waals surface area contributed by atoms with Crippen molar-refractivity contribution in [2.24, 2.45) is 0 Å². The molecule has 3 aromatic rings. The Morgan fingerprint density at radius 2 is 1.84 bits per heavy atom. The van der Waals surface area contributed by atoms with Crippen LogP contribution in [0.5, 0.6) is 0 Å². The molecule has 0 unspecified atom stereocenters. The Hall–Kier alpha value is -3.64. The van der Waals surface area contributed by atoms with Gasteiger partial charge in [0, 0.05) is 28.6 Å². The van der Waals surface area contributed by atoms with Crippen molar-refractivity contribution in [3.05, 3.63) is 63.6 Å². The van der Waals surface area contributed by atoms with Gasteiger partial charge in [-0.2, -0.15) is 18.4 Å². The van der Waals surface area contributed by atoms with Crippen molar-refractivity contribution >= 4 is 39.5 Å². The number of hydrogen-bond donors (Lipinski definition) is 0. The highest BCUT2D eigenvalue weighted by atomic mass is 32.1. The Balaban J connectivity index is 1.69. The Morgan fingerprint density at radius 3 is 2.41 bits per heavy atom. The van der Waals surface area contributed by atoms with Gasteiger partial charge in [-0.3, -0.25) is 14.5 Å². The van der Waals surface area contributed by atoms with Gasteiger partial charge in [-0.25, -0.2) is 0 Å². The van der Waals surface area contributed by atoms with E-state index in [1.54, 1.807) is 32.1 Å². The van der Waals surface area contributed by atoms with Gasteiger partial charge in [0.1, 0.15) is 23.0 Å². The molecular weight excluding hydrogens is 441 g/mol. The van der Waals surface area contributed by atoms with Gasteiger partial charge in [0.2, 0.25) is 0 Å². The zero-order valence-electron chi connectivity index (χ0n) is 16.9. The maximum absolute atomic E-state index is 12.8. The largest absolute Gasteiger partial charge is 0.455 e. The van der Waals surface area contributed by atoms with Gasteiger partial charge in [-0.05, 0) is 43.7 Å². The molecule has 0 atom stereocenters. The van der Waals surface area contributed by atoms with Gasteiger partial charge < -0.3 is 4.42 Å². The van der Waals surface area contributed by atoms with Crippen LogP contribution in [0.25, 0.3) is 27.7 Å². The topological polar surface area (TPSA) is 74.3 Å². The zero-order chi connectivity index (χ0) is 23.2. The first-order valence-electron chi connectivity index (χ1n) is 9.54. The molecule has 0 N–H and O–H groups in total. The van der Waals surface area contributed by atoms with Gasteiger partial charge in [-0.15, -0.1) is 11.3 Å². The minimum atomic E-state index is -4.41. The Labute approximate surface area is 184 Å². The fourth-order valence-electron chi connectivity index (χ4n) is 3.45. The van der Waals surface area contributed by atoms with Crippen LogP contribution in [0.2, 0.25) is 0 Å². The molecule has 0 aliphatic carbocycles. The van der Waals surface area contributed by atoms with E-state index < -0.39 is 23.6 Å². The van der Waals surface area contributed by atoms with Gasteiger partial charge in [0.15, 0.2) is 0 Å². The standard InChI is InChI=1S/C23H15F3N2O3S/c1-3-28-21(29)16(12(2)17(11-27)22(28)30)8-15-9-19-20(32-15)10-18(31-19)13-4-6-14(7-5-13)23(24,25)26/h4-10H,3H2,1-2H3/b16-8-. The first-order chi connectivity index (χ1) is 15.1. The van der Waals surface area contributed by atoms with Crippen LogP contribution in [0, 0.1) is 11.3 Å². The molecule has 0 saturated carbocycles. The number of imide groups is 1. The highest BCUT2D eigenvalue weighted by Crippen LogP contribution is 2.37. The second-order valence-corrected chi connectivity index (χ2v) is 8.20. The average Bonchev–Trinajstić information content (AvgIpc) is 3.30. The van der Waals surface area contributed by atoms with Crippen LogP contribution in [-0.4, -0.2) is 23.3 Å². The molecule has 1 aliphatic rings. The van der Waals surface area contributed by atoms with E-state index in [-0.39, 0.29) is 17.7 Å². The Morgan fingerprint density at radius 1 is 1.16 bits per heavy atom. The number of fused-ring (bicyclic) bond motifs is 1. The predicted molar refractivity (Wildman–Crippen MR) is 113 cm³/mol. The van der Waals surface area contributed by atoms with Crippen LogP contribution in [-0.2, 0) is 15.8 Å². The van der Waals surface area contributed by atoms with E-state index >= 15 is 0 Å². The van der Waals surface area contributed by atoms with E-state index in [1.807, 2.05) is 6.07 Å². The highest BCUT2D eigenvalue weighted by Gasteiger charge is 2.34. The number of carbonyl (C=O) groups excluding carboxylic acids is 2. The summed E-state index contributed by atoms with van der Waals surface area (Å²) in [5.74, 6) is -0.640. The molecule has 3 heterocycles. The van der Waals surface area contributed by atoms with Crippen molar-refractivity contribution < 1.29 is 27.2 Å². The molecule has 2 amide bonds. The van der Waals surface area contributed by atoms with E-state index in [4.69, 9.17) is 4.42 Å². The van der Waals surface area contributed by atoms with E-state index in [1.165, 1.54) is 23.5 Å². The number of likely N-dealkylation sites (N-methyl/N-ethyl adjacent to an activating group) is 1. The summed E-state index contributed by atoms with van der Waals surface area (Å²) in [5, 5.41) is 9.33. The molecule has 162 valence electrons. The van der Waals surface area contributed by atoms with Crippen molar-refractivity contribution in [3.8, 4) is 17.4 Å². The second kappa shape index (κ2) is 7.80. The van der Waals surface area contributed by atoms with Crippen LogP contribution in [0.3, 0.4) is 0 Å². The first-order valence-corrected chi connectivity index (χ1v) is 10.4. The molecular formula is C23H15F3N2O3S. The third kappa shape index (κ3) is 3.63. The summed E-state index contributed by atoms with van der Waals surface area (Å²) in [6.07, 6.45) is -2.79. The summed E-state index contributed by atoms with van der Waals surface area (Å²) in [4.78, 5) is 26.7. The summed E-state index contributed by atoms with van der Waals surface area (Å²) >= 11 is 1.33. The van der Waals surface area contributed by atoms with Crippen molar-refractivity contribution in [2.45, 2.75) is 20.0 Å². The number of carbonyl (C=O) groups is 2. The Kier molecular flexibility index (Phi) is 5.26. The average molecular weight is 456 g/mol. The molecule has 4 rings (SSSR count). The number of nitrogens with zero attached hydrogens (tertiary/aromatic N) is 2. The molecule has 1 aromatic carbocycles. The number of halogens is 3. The minimum Gasteiger partial charge on any atom is -0.455 e. The monoisotopic (exact) mass is 456 g/mol. The number of nitriles is 1. The smallest absolute Gasteiger partial charge is 0.416 e. The molecule has 32 heavy (non-hydrogen) atoms. The van der Waals surface area contributed by atoms with Crippen molar-refractivity contribution in [1.29, 1.82) is 5.26 Å². The van der Waals surface area contributed by atoms with E-state index in [9.17, 15) is 28.0 Å². The molecule has 9 heteroatoms. The van der Waals surface area contributed by atoms with Crippen molar-refractivity contribution in [1.82, 2.24) is 4.90 Å². The molecule has 0 bridgehead atoms. The number of thiophene rings is 1. The summed E-state index contributed by atoms with van der Waals surface area (Å²) in [6.45, 7) is 3.37. The van der Waals surface area contributed by atoms with Crippen molar-refractivity contribution in [2.75, 3.05) is 6.54 Å². The quantitative estimate of drug-likeness (QED) is 0.369. The number of benzene rings is 1. The summed E-state index contributed by atoms with van der Waals surface area (Å²) in [5.41, 5.74) is 0.810. The molecule has 0 spiro atoms. The molecule has 5 nitrogen and oxygen atoms in total. The number of alkyl halides is 3. The lowest BCUT2D eigenvalue weighted by atomic mass is 9.95. The lowest BCUT2D eigenvalue weighted by Gasteiger charge is -2.26. The highest BCUT2D eigenvalue weighted by molar-refractivity contribution is 7.19. The van der Waals surface area contributed by atoms with E-state index in [0.29, 0.717) is 27.4 Å². The second-order valence-electron chi connectivity index (χ2n) is 7.09. The number of amides is 2. The minimum absolute atomic E-state index is 0.0671. The van der Waals surface area contributed by atoms with Crippen molar-refractivity contribution in [3.63, 3.8) is 0 Å². The molecule has 0 saturated heterocycles. The number of furan rings is 1. The normalized spacial score (nSPS) is 16.4. The molecule has 0 fully saturated rings. The van der Waals surface area contributed by atoms with Crippen LogP contribution >= 0.6 is 11.3 Å². The molecule has 1 aliphatic heterocycles. The van der Waals surface area contributed by atoms with Crippen LogP contribution < -0.4 is 0 Å². The zero-order valence-corrected chi connectivity index (χ0v) is 17.7. The SMILES string of the molecule is CCN1C(=O)C(C#N)=C(C)/C(=C/c2cc3oc(-c4ccc(C(F)(F)F)cc4)cc3s2)C1=O. The van der Waals surface area contributed by atoms with E-state index in [2.05, 4.69) is 0 Å². The van der Waals surface area contributed by atoms with E-state index in [0.717, 1.165) is 21.7 Å². The third-order valence-corrected chi connectivity index (χ3v) is 6.16. The molecule has 0 radical (unpaired) electrons. The van der Waals surface area contributed by atoms with Gasteiger partial charge in [0.05, 0.1) is 10.3 Å².